The number of hydrogen-bond donors (Lipinski definition) is 1. The molecule has 2 saturated heterocycles. The maximum absolute atomic E-state index is 12.7. The molecule has 0 aliphatic carbocycles. The van der Waals surface area contributed by atoms with Gasteiger partial charge < -0.3 is 10.2 Å². The molecule has 2 bridgehead atoms. The number of fused-ring (bicyclic) bond motifs is 2. The van der Waals surface area contributed by atoms with Gasteiger partial charge in [-0.1, -0.05) is 27.2 Å². The van der Waals surface area contributed by atoms with E-state index in [1.54, 1.807) is 0 Å². The molecule has 1 N–H and O–H groups in total. The zero-order valence-electron chi connectivity index (χ0n) is 12.8. The van der Waals surface area contributed by atoms with Gasteiger partial charge in [-0.2, -0.15) is 0 Å². The van der Waals surface area contributed by atoms with Gasteiger partial charge in [0.05, 0.1) is 0 Å². The quantitative estimate of drug-likeness (QED) is 0.801. The maximum Gasteiger partial charge on any atom is 0.225 e. The smallest absolute Gasteiger partial charge is 0.225 e. The van der Waals surface area contributed by atoms with E-state index in [0.29, 0.717) is 24.0 Å². The molecule has 3 heteroatoms. The molecule has 1 amide bonds. The molecule has 0 aromatic heterocycles. The maximum atomic E-state index is 12.7. The molecule has 0 saturated carbocycles. The molecule has 0 aromatic carbocycles. The minimum Gasteiger partial charge on any atom is -0.339 e. The lowest BCUT2D eigenvalue weighted by atomic mass is 9.95. The van der Waals surface area contributed by atoms with Gasteiger partial charge in [-0.25, -0.2) is 0 Å². The van der Waals surface area contributed by atoms with Crippen LogP contribution in [0.5, 0.6) is 0 Å². The Morgan fingerprint density at radius 3 is 2.37 bits per heavy atom. The molecule has 2 fully saturated rings. The largest absolute Gasteiger partial charge is 0.339 e. The Balaban J connectivity index is 2.00. The third-order valence-corrected chi connectivity index (χ3v) is 4.78. The number of carbonyl (C=O) groups is 1. The normalized spacial score (nSPS) is 31.2. The highest BCUT2D eigenvalue weighted by molar-refractivity contribution is 5.78. The fourth-order valence-electron chi connectivity index (χ4n) is 3.83. The molecular formula is C16H30N2O. The molecule has 3 atom stereocenters. The van der Waals surface area contributed by atoms with Crippen LogP contribution in [0, 0.1) is 5.92 Å². The van der Waals surface area contributed by atoms with Crippen molar-refractivity contribution < 1.29 is 4.79 Å². The van der Waals surface area contributed by atoms with Crippen LogP contribution < -0.4 is 5.32 Å². The van der Waals surface area contributed by atoms with Crippen LogP contribution in [0.1, 0.15) is 65.7 Å². The van der Waals surface area contributed by atoms with E-state index in [4.69, 9.17) is 0 Å². The van der Waals surface area contributed by atoms with E-state index in [1.165, 1.54) is 25.7 Å². The summed E-state index contributed by atoms with van der Waals surface area (Å²) in [5.74, 6) is 0.596. The first-order chi connectivity index (χ1) is 9.15. The molecule has 3 nitrogen and oxygen atoms in total. The van der Waals surface area contributed by atoms with Crippen molar-refractivity contribution in [3.05, 3.63) is 0 Å². The van der Waals surface area contributed by atoms with E-state index in [2.05, 4.69) is 31.0 Å². The third-order valence-electron chi connectivity index (χ3n) is 4.78. The van der Waals surface area contributed by atoms with Crippen molar-refractivity contribution in [2.24, 2.45) is 5.92 Å². The van der Waals surface area contributed by atoms with Crippen molar-refractivity contribution in [1.82, 2.24) is 10.2 Å². The molecule has 2 aliphatic rings. The second-order valence-corrected chi connectivity index (χ2v) is 6.48. The number of nitrogens with one attached hydrogen (secondary N) is 1. The second kappa shape index (κ2) is 6.74. The average molecular weight is 266 g/mol. The van der Waals surface area contributed by atoms with Gasteiger partial charge in [0.2, 0.25) is 5.91 Å². The highest BCUT2D eigenvalue weighted by atomic mass is 16.2. The van der Waals surface area contributed by atoms with Gasteiger partial charge in [0.25, 0.3) is 0 Å². The summed E-state index contributed by atoms with van der Waals surface area (Å²) < 4.78 is 0. The molecule has 110 valence electrons. The standard InChI is InChI=1S/C16H30N2O/c1-4-6-12(3)16(19)18(9-5-2)15-10-13-7-8-14(11-15)17-13/h12-15,17H,4-11H2,1-3H3. The molecule has 19 heavy (non-hydrogen) atoms. The number of nitrogens with zero attached hydrogens (tertiary/aromatic N) is 1. The topological polar surface area (TPSA) is 32.3 Å². The first kappa shape index (κ1) is 14.8. The van der Waals surface area contributed by atoms with Crippen molar-refractivity contribution in [2.45, 2.75) is 83.8 Å². The Hall–Kier alpha value is -0.570. The number of hydrogen-bond acceptors (Lipinski definition) is 2. The molecule has 0 aromatic rings. The predicted octanol–water partition coefficient (Wildman–Crippen LogP) is 2.94. The Bertz CT molecular complexity index is 293. The van der Waals surface area contributed by atoms with Crippen LogP contribution in [-0.2, 0) is 4.79 Å². The summed E-state index contributed by atoms with van der Waals surface area (Å²) >= 11 is 0. The second-order valence-electron chi connectivity index (χ2n) is 6.48. The van der Waals surface area contributed by atoms with Crippen molar-refractivity contribution in [2.75, 3.05) is 6.54 Å². The van der Waals surface area contributed by atoms with Crippen molar-refractivity contribution in [1.29, 1.82) is 0 Å². The van der Waals surface area contributed by atoms with Crippen LogP contribution in [0.25, 0.3) is 0 Å². The summed E-state index contributed by atoms with van der Waals surface area (Å²) in [7, 11) is 0. The van der Waals surface area contributed by atoms with Crippen LogP contribution >= 0.6 is 0 Å². The van der Waals surface area contributed by atoms with Gasteiger partial charge in [-0.3, -0.25) is 4.79 Å². The van der Waals surface area contributed by atoms with Crippen molar-refractivity contribution in [3.8, 4) is 0 Å². The van der Waals surface area contributed by atoms with Gasteiger partial charge in [0.1, 0.15) is 0 Å². The molecule has 2 heterocycles. The summed E-state index contributed by atoms with van der Waals surface area (Å²) in [6.07, 6.45) is 8.15. The molecule has 2 aliphatic heterocycles. The van der Waals surface area contributed by atoms with Crippen LogP contribution in [0.15, 0.2) is 0 Å². The van der Waals surface area contributed by atoms with E-state index < -0.39 is 0 Å². The number of rotatable bonds is 6. The molecule has 3 unspecified atom stereocenters. The van der Waals surface area contributed by atoms with Crippen molar-refractivity contribution >= 4 is 5.91 Å². The van der Waals surface area contributed by atoms with E-state index in [9.17, 15) is 4.79 Å². The zero-order chi connectivity index (χ0) is 13.8. The number of amides is 1. The molecule has 2 rings (SSSR count). The van der Waals surface area contributed by atoms with Crippen LogP contribution in [0.3, 0.4) is 0 Å². The van der Waals surface area contributed by atoms with Gasteiger partial charge >= 0.3 is 0 Å². The van der Waals surface area contributed by atoms with Gasteiger partial charge in [-0.15, -0.1) is 0 Å². The Morgan fingerprint density at radius 2 is 1.84 bits per heavy atom. The van der Waals surface area contributed by atoms with Gasteiger partial charge in [0, 0.05) is 30.6 Å². The molecule has 0 radical (unpaired) electrons. The van der Waals surface area contributed by atoms with E-state index in [0.717, 1.165) is 25.8 Å². The Morgan fingerprint density at radius 1 is 1.21 bits per heavy atom. The fourth-order valence-corrected chi connectivity index (χ4v) is 3.83. The number of carbonyl (C=O) groups excluding carboxylic acids is 1. The van der Waals surface area contributed by atoms with Crippen LogP contribution in [-0.4, -0.2) is 35.5 Å². The molecular weight excluding hydrogens is 236 g/mol. The third kappa shape index (κ3) is 3.50. The highest BCUT2D eigenvalue weighted by Crippen LogP contribution is 2.30. The minimum atomic E-state index is 0.198. The lowest BCUT2D eigenvalue weighted by Crippen LogP contribution is -2.51. The first-order valence-electron chi connectivity index (χ1n) is 8.22. The van der Waals surface area contributed by atoms with Gasteiger partial charge in [-0.05, 0) is 38.5 Å². The van der Waals surface area contributed by atoms with E-state index in [1.807, 2.05) is 0 Å². The zero-order valence-corrected chi connectivity index (χ0v) is 12.8. The highest BCUT2D eigenvalue weighted by Gasteiger charge is 2.37. The summed E-state index contributed by atoms with van der Waals surface area (Å²) in [5, 5.41) is 3.67. The van der Waals surface area contributed by atoms with E-state index in [-0.39, 0.29) is 5.92 Å². The van der Waals surface area contributed by atoms with Gasteiger partial charge in [0.15, 0.2) is 0 Å². The number of piperidine rings is 1. The Labute approximate surface area is 118 Å². The monoisotopic (exact) mass is 266 g/mol. The van der Waals surface area contributed by atoms with E-state index >= 15 is 0 Å². The summed E-state index contributed by atoms with van der Waals surface area (Å²) in [6.45, 7) is 7.39. The summed E-state index contributed by atoms with van der Waals surface area (Å²) in [5.41, 5.74) is 0. The Kier molecular flexibility index (Phi) is 5.26. The van der Waals surface area contributed by atoms with Crippen LogP contribution in [0.2, 0.25) is 0 Å². The molecule has 0 spiro atoms. The summed E-state index contributed by atoms with van der Waals surface area (Å²) in [6, 6.07) is 1.82. The van der Waals surface area contributed by atoms with Crippen LogP contribution in [0.4, 0.5) is 0 Å². The lowest BCUT2D eigenvalue weighted by molar-refractivity contribution is -0.138. The fraction of sp³-hybridized carbons (Fsp3) is 0.938. The lowest BCUT2D eigenvalue weighted by Gasteiger charge is -2.39. The summed E-state index contributed by atoms with van der Waals surface area (Å²) in [4.78, 5) is 14.9. The predicted molar refractivity (Wildman–Crippen MR) is 79.0 cm³/mol. The minimum absolute atomic E-state index is 0.198. The average Bonchev–Trinajstić information content (AvgIpc) is 2.74. The van der Waals surface area contributed by atoms with Crippen molar-refractivity contribution in [3.63, 3.8) is 0 Å². The first-order valence-corrected chi connectivity index (χ1v) is 8.22. The SMILES string of the molecule is CCCC(C)C(=O)N(CCC)C1CC2CCC(C1)N2.